The van der Waals surface area contributed by atoms with Crippen molar-refractivity contribution in [3.63, 3.8) is 0 Å². The van der Waals surface area contributed by atoms with Gasteiger partial charge in [0.25, 0.3) is 0 Å². The van der Waals surface area contributed by atoms with Crippen LogP contribution in [0.4, 0.5) is 0 Å². The van der Waals surface area contributed by atoms with Crippen LogP contribution in [0.15, 0.2) is 0 Å². The lowest BCUT2D eigenvalue weighted by Gasteiger charge is -2.08. The van der Waals surface area contributed by atoms with E-state index in [1.54, 1.807) is 0 Å². The first-order chi connectivity index (χ1) is 5.20. The fourth-order valence-corrected chi connectivity index (χ4v) is 1.28. The van der Waals surface area contributed by atoms with Crippen LogP contribution in [-0.4, -0.2) is 10.8 Å². The third-order valence-corrected chi connectivity index (χ3v) is 2.97. The molecule has 0 spiro atoms. The van der Waals surface area contributed by atoms with Gasteiger partial charge < -0.3 is 0 Å². The molecular weight excluding hydrogens is 179 g/mol. The molecule has 0 bridgehead atoms. The number of rotatable bonds is 6. The lowest BCUT2D eigenvalue weighted by Crippen LogP contribution is -2.00. The SMILES string of the molecule is CCC(Cl)CCCC(Cl)CC. The maximum Gasteiger partial charge on any atom is 0.0333 e. The molecule has 2 heteroatoms. The minimum Gasteiger partial charge on any atom is -0.123 e. The van der Waals surface area contributed by atoms with Crippen LogP contribution >= 0.6 is 23.2 Å². The van der Waals surface area contributed by atoms with E-state index in [4.69, 9.17) is 23.2 Å². The summed E-state index contributed by atoms with van der Waals surface area (Å²) in [5.74, 6) is 0. The first-order valence-electron chi connectivity index (χ1n) is 4.48. The van der Waals surface area contributed by atoms with E-state index in [1.807, 2.05) is 0 Å². The van der Waals surface area contributed by atoms with Gasteiger partial charge in [-0.2, -0.15) is 0 Å². The normalized spacial score (nSPS) is 16.4. The lowest BCUT2D eigenvalue weighted by molar-refractivity contribution is 0.612. The fourth-order valence-electron chi connectivity index (χ4n) is 0.969. The molecule has 0 rings (SSSR count). The fraction of sp³-hybridized carbons (Fsp3) is 1.00. The van der Waals surface area contributed by atoms with E-state index >= 15 is 0 Å². The van der Waals surface area contributed by atoms with Gasteiger partial charge in [0.1, 0.15) is 0 Å². The van der Waals surface area contributed by atoms with Crippen LogP contribution in [0, 0.1) is 0 Å². The maximum absolute atomic E-state index is 5.95. The van der Waals surface area contributed by atoms with Gasteiger partial charge in [-0.15, -0.1) is 23.2 Å². The predicted molar refractivity (Wildman–Crippen MR) is 53.7 cm³/mol. The van der Waals surface area contributed by atoms with Crippen molar-refractivity contribution >= 4 is 23.2 Å². The first kappa shape index (κ1) is 11.6. The molecule has 0 aromatic rings. The van der Waals surface area contributed by atoms with Crippen LogP contribution in [0.3, 0.4) is 0 Å². The summed E-state index contributed by atoms with van der Waals surface area (Å²) in [6.45, 7) is 4.24. The third-order valence-electron chi connectivity index (χ3n) is 1.92. The molecule has 0 aliphatic rings. The molecule has 0 amide bonds. The van der Waals surface area contributed by atoms with Crippen LogP contribution in [0.2, 0.25) is 0 Å². The topological polar surface area (TPSA) is 0 Å². The summed E-state index contributed by atoms with van der Waals surface area (Å²) in [6, 6.07) is 0. The van der Waals surface area contributed by atoms with E-state index in [0.29, 0.717) is 10.8 Å². The minimum atomic E-state index is 0.357. The van der Waals surface area contributed by atoms with Gasteiger partial charge in [-0.3, -0.25) is 0 Å². The Morgan fingerprint density at radius 2 is 1.27 bits per heavy atom. The molecule has 0 saturated carbocycles. The maximum atomic E-state index is 5.95. The van der Waals surface area contributed by atoms with Crippen LogP contribution in [-0.2, 0) is 0 Å². The summed E-state index contributed by atoms with van der Waals surface area (Å²) < 4.78 is 0. The quantitative estimate of drug-likeness (QED) is 0.560. The van der Waals surface area contributed by atoms with Crippen molar-refractivity contribution in [2.75, 3.05) is 0 Å². The van der Waals surface area contributed by atoms with E-state index in [-0.39, 0.29) is 0 Å². The number of halogens is 2. The molecule has 0 radical (unpaired) electrons. The molecule has 11 heavy (non-hydrogen) atoms. The second kappa shape index (κ2) is 7.24. The molecule has 0 aromatic heterocycles. The van der Waals surface area contributed by atoms with Crippen molar-refractivity contribution in [3.8, 4) is 0 Å². The zero-order valence-corrected chi connectivity index (χ0v) is 8.96. The third kappa shape index (κ3) is 6.96. The van der Waals surface area contributed by atoms with E-state index in [9.17, 15) is 0 Å². The van der Waals surface area contributed by atoms with Gasteiger partial charge >= 0.3 is 0 Å². The second-order valence-corrected chi connectivity index (χ2v) is 4.18. The molecule has 0 N–H and O–H groups in total. The van der Waals surface area contributed by atoms with Gasteiger partial charge in [0.2, 0.25) is 0 Å². The molecular formula is C9H18Cl2. The molecule has 0 nitrogen and oxygen atoms in total. The largest absolute Gasteiger partial charge is 0.123 e. The summed E-state index contributed by atoms with van der Waals surface area (Å²) in [7, 11) is 0. The van der Waals surface area contributed by atoms with Crippen LogP contribution in [0.1, 0.15) is 46.0 Å². The number of hydrogen-bond donors (Lipinski definition) is 0. The highest BCUT2D eigenvalue weighted by Crippen LogP contribution is 2.15. The van der Waals surface area contributed by atoms with Gasteiger partial charge in [0, 0.05) is 10.8 Å². The predicted octanol–water partition coefficient (Wildman–Crippen LogP) is 4.19. The monoisotopic (exact) mass is 196 g/mol. The van der Waals surface area contributed by atoms with Gasteiger partial charge in [0.05, 0.1) is 0 Å². The van der Waals surface area contributed by atoms with E-state index in [2.05, 4.69) is 13.8 Å². The Morgan fingerprint density at radius 3 is 1.55 bits per heavy atom. The zero-order valence-electron chi connectivity index (χ0n) is 7.45. The van der Waals surface area contributed by atoms with Gasteiger partial charge in [-0.25, -0.2) is 0 Å². The van der Waals surface area contributed by atoms with Crippen molar-refractivity contribution in [1.82, 2.24) is 0 Å². The highest BCUT2D eigenvalue weighted by Gasteiger charge is 2.04. The summed E-state index contributed by atoms with van der Waals surface area (Å²) in [5.41, 5.74) is 0. The van der Waals surface area contributed by atoms with Crippen LogP contribution in [0.5, 0.6) is 0 Å². The molecule has 2 atom stereocenters. The molecule has 0 fully saturated rings. The summed E-state index contributed by atoms with van der Waals surface area (Å²) in [6.07, 6.45) is 5.54. The number of alkyl halides is 2. The summed E-state index contributed by atoms with van der Waals surface area (Å²) in [4.78, 5) is 0. The van der Waals surface area contributed by atoms with Crippen LogP contribution < -0.4 is 0 Å². The Balaban J connectivity index is 3.13. The summed E-state index contributed by atoms with van der Waals surface area (Å²) >= 11 is 11.9. The zero-order chi connectivity index (χ0) is 8.69. The highest BCUT2D eigenvalue weighted by molar-refractivity contribution is 6.21. The lowest BCUT2D eigenvalue weighted by atomic mass is 10.1. The summed E-state index contributed by atoms with van der Waals surface area (Å²) in [5, 5.41) is 0.714. The van der Waals surface area contributed by atoms with Crippen molar-refractivity contribution in [2.45, 2.75) is 56.7 Å². The molecule has 0 heterocycles. The molecule has 68 valence electrons. The Bertz CT molecular complexity index is 73.6. The van der Waals surface area contributed by atoms with Gasteiger partial charge in [0.15, 0.2) is 0 Å². The first-order valence-corrected chi connectivity index (χ1v) is 5.36. The number of hydrogen-bond acceptors (Lipinski definition) is 0. The standard InChI is InChI=1S/C9H18Cl2/c1-3-8(10)6-5-7-9(11)4-2/h8-9H,3-7H2,1-2H3. The molecule has 0 saturated heterocycles. The average molecular weight is 197 g/mol. The van der Waals surface area contributed by atoms with Gasteiger partial charge in [-0.05, 0) is 25.7 Å². The Kier molecular flexibility index (Phi) is 7.62. The second-order valence-electron chi connectivity index (χ2n) is 2.94. The molecule has 0 aliphatic heterocycles. The minimum absolute atomic E-state index is 0.357. The molecule has 2 unspecified atom stereocenters. The van der Waals surface area contributed by atoms with Crippen molar-refractivity contribution < 1.29 is 0 Å². The Hall–Kier alpha value is 0.580. The van der Waals surface area contributed by atoms with Crippen LogP contribution in [0.25, 0.3) is 0 Å². The van der Waals surface area contributed by atoms with E-state index in [1.165, 1.54) is 6.42 Å². The van der Waals surface area contributed by atoms with Crippen molar-refractivity contribution in [3.05, 3.63) is 0 Å². The van der Waals surface area contributed by atoms with Gasteiger partial charge in [-0.1, -0.05) is 20.3 Å². The Labute approximate surface area is 80.3 Å². The molecule has 0 aromatic carbocycles. The van der Waals surface area contributed by atoms with E-state index in [0.717, 1.165) is 25.7 Å². The molecule has 0 aliphatic carbocycles. The van der Waals surface area contributed by atoms with Crippen molar-refractivity contribution in [2.24, 2.45) is 0 Å². The Morgan fingerprint density at radius 1 is 0.909 bits per heavy atom. The van der Waals surface area contributed by atoms with Crippen molar-refractivity contribution in [1.29, 1.82) is 0 Å². The average Bonchev–Trinajstić information content (AvgIpc) is 2.04. The van der Waals surface area contributed by atoms with E-state index < -0.39 is 0 Å². The highest BCUT2D eigenvalue weighted by atomic mass is 35.5. The smallest absolute Gasteiger partial charge is 0.0333 e.